The quantitative estimate of drug-likeness (QED) is 0.367. The molecule has 1 fully saturated rings. The molecule has 0 N–H and O–H groups in total. The van der Waals surface area contributed by atoms with Gasteiger partial charge in [0.2, 0.25) is 0 Å². The number of hydrogen-bond acceptors (Lipinski definition) is 5. The normalized spacial score (nSPS) is 21.7. The van der Waals surface area contributed by atoms with Crippen LogP contribution in [0.2, 0.25) is 5.02 Å². The molecule has 3 atom stereocenters. The fourth-order valence-electron chi connectivity index (χ4n) is 4.38. The predicted octanol–water partition coefficient (Wildman–Crippen LogP) is 3.79. The van der Waals surface area contributed by atoms with Gasteiger partial charge < -0.3 is 4.74 Å². The SMILES string of the molecule is COc1ccc(C(=O)CN(C(=O)c2ccccc2Cl)N2C(=O)[C@@H]3[C@H](C)C=CC[C@H]3C2=O)cc1. The minimum Gasteiger partial charge on any atom is -0.497 e. The highest BCUT2D eigenvalue weighted by molar-refractivity contribution is 6.34. The molecule has 8 heteroatoms. The van der Waals surface area contributed by atoms with Gasteiger partial charge in [-0.25, -0.2) is 5.01 Å². The summed E-state index contributed by atoms with van der Waals surface area (Å²) in [7, 11) is 1.51. The monoisotopic (exact) mass is 466 g/mol. The van der Waals surface area contributed by atoms with Crippen molar-refractivity contribution < 1.29 is 23.9 Å². The fraction of sp³-hybridized carbons (Fsp3) is 0.280. The van der Waals surface area contributed by atoms with E-state index >= 15 is 0 Å². The number of nitrogens with zero attached hydrogens (tertiary/aromatic N) is 2. The first-order valence-corrected chi connectivity index (χ1v) is 11.0. The number of amides is 3. The van der Waals surface area contributed by atoms with Crippen molar-refractivity contribution in [1.29, 1.82) is 0 Å². The summed E-state index contributed by atoms with van der Waals surface area (Å²) in [5, 5.41) is 1.95. The fourth-order valence-corrected chi connectivity index (χ4v) is 4.60. The van der Waals surface area contributed by atoms with Crippen LogP contribution in [0.3, 0.4) is 0 Å². The van der Waals surface area contributed by atoms with Gasteiger partial charge in [0.05, 0.1) is 29.5 Å². The average molecular weight is 467 g/mol. The van der Waals surface area contributed by atoms with Gasteiger partial charge in [-0.2, -0.15) is 5.01 Å². The van der Waals surface area contributed by atoms with E-state index in [1.807, 2.05) is 19.1 Å². The number of ketones is 1. The van der Waals surface area contributed by atoms with Gasteiger partial charge >= 0.3 is 0 Å². The molecule has 0 bridgehead atoms. The van der Waals surface area contributed by atoms with Crippen molar-refractivity contribution in [1.82, 2.24) is 10.0 Å². The molecule has 2 aromatic carbocycles. The van der Waals surface area contributed by atoms with Crippen LogP contribution in [0, 0.1) is 17.8 Å². The summed E-state index contributed by atoms with van der Waals surface area (Å²) in [6.45, 7) is 1.37. The maximum Gasteiger partial charge on any atom is 0.274 e. The molecule has 1 aliphatic carbocycles. The molecule has 0 aromatic heterocycles. The Morgan fingerprint density at radius 3 is 2.42 bits per heavy atom. The maximum absolute atomic E-state index is 13.5. The minimum atomic E-state index is -0.691. The zero-order valence-electron chi connectivity index (χ0n) is 18.2. The van der Waals surface area contributed by atoms with Crippen LogP contribution in [-0.4, -0.2) is 47.2 Å². The van der Waals surface area contributed by atoms with Crippen molar-refractivity contribution >= 4 is 35.1 Å². The Balaban J connectivity index is 1.71. The number of allylic oxidation sites excluding steroid dienone is 2. The molecule has 0 radical (unpaired) electrons. The van der Waals surface area contributed by atoms with Crippen LogP contribution in [0.25, 0.3) is 0 Å². The maximum atomic E-state index is 13.5. The molecular weight excluding hydrogens is 444 g/mol. The van der Waals surface area contributed by atoms with Gasteiger partial charge in [-0.15, -0.1) is 0 Å². The summed E-state index contributed by atoms with van der Waals surface area (Å²) in [6.07, 6.45) is 4.19. The first-order valence-electron chi connectivity index (χ1n) is 10.6. The van der Waals surface area contributed by atoms with Crippen LogP contribution in [0.1, 0.15) is 34.1 Å². The Morgan fingerprint density at radius 1 is 1.09 bits per heavy atom. The van der Waals surface area contributed by atoms with E-state index in [1.165, 1.54) is 19.2 Å². The van der Waals surface area contributed by atoms with Crippen LogP contribution >= 0.6 is 11.6 Å². The van der Waals surface area contributed by atoms with E-state index in [1.54, 1.807) is 36.4 Å². The van der Waals surface area contributed by atoms with Gasteiger partial charge in [0.1, 0.15) is 12.3 Å². The summed E-state index contributed by atoms with van der Waals surface area (Å²) in [5.41, 5.74) is 0.419. The lowest BCUT2D eigenvalue weighted by atomic mass is 9.78. The number of rotatable bonds is 6. The van der Waals surface area contributed by atoms with Gasteiger partial charge in [0.25, 0.3) is 17.7 Å². The minimum absolute atomic E-state index is 0.100. The third kappa shape index (κ3) is 4.16. The van der Waals surface area contributed by atoms with Gasteiger partial charge in [0.15, 0.2) is 5.78 Å². The Labute approximate surface area is 196 Å². The molecule has 2 aliphatic rings. The standard InChI is InChI=1S/C25H23ClN2O5/c1-15-6-5-8-19-22(15)25(32)28(24(19)31)27(23(30)18-7-3-4-9-20(18)26)14-21(29)16-10-12-17(33-2)13-11-16/h3-7,9-13,15,19,22H,8,14H2,1-2H3/t15-,19-,22-/m1/s1. The van der Waals surface area contributed by atoms with Crippen molar-refractivity contribution in [2.24, 2.45) is 17.8 Å². The number of ether oxygens (including phenoxy) is 1. The number of carbonyl (C=O) groups excluding carboxylic acids is 4. The Morgan fingerprint density at radius 2 is 1.79 bits per heavy atom. The third-order valence-corrected chi connectivity index (χ3v) is 6.46. The number of methoxy groups -OCH3 is 1. The van der Waals surface area contributed by atoms with Crippen LogP contribution in [0.15, 0.2) is 60.7 Å². The molecule has 1 heterocycles. The molecule has 33 heavy (non-hydrogen) atoms. The summed E-state index contributed by atoms with van der Waals surface area (Å²) in [5.74, 6) is -2.79. The number of benzene rings is 2. The second kappa shape index (κ2) is 9.19. The van der Waals surface area contributed by atoms with Crippen molar-refractivity contribution in [2.75, 3.05) is 13.7 Å². The number of halogens is 1. The molecule has 0 spiro atoms. The number of Topliss-reactive ketones (excluding diaryl/α,β-unsaturated/α-hetero) is 1. The van der Waals surface area contributed by atoms with Crippen LogP contribution in [0.5, 0.6) is 5.75 Å². The molecule has 1 aliphatic heterocycles. The van der Waals surface area contributed by atoms with Crippen LogP contribution < -0.4 is 4.74 Å². The molecular formula is C25H23ClN2O5. The Kier molecular flexibility index (Phi) is 6.33. The average Bonchev–Trinajstić information content (AvgIpc) is 3.08. The van der Waals surface area contributed by atoms with E-state index in [0.717, 1.165) is 10.0 Å². The lowest BCUT2D eigenvalue weighted by Crippen LogP contribution is -2.52. The van der Waals surface area contributed by atoms with E-state index in [9.17, 15) is 19.2 Å². The van der Waals surface area contributed by atoms with E-state index in [-0.39, 0.29) is 16.5 Å². The van der Waals surface area contributed by atoms with Gasteiger partial charge in [0, 0.05) is 5.56 Å². The molecule has 0 saturated carbocycles. The molecule has 2 aromatic rings. The Hall–Kier alpha value is -3.45. The summed E-state index contributed by atoms with van der Waals surface area (Å²) in [6, 6.07) is 12.7. The summed E-state index contributed by atoms with van der Waals surface area (Å²) >= 11 is 6.23. The predicted molar refractivity (Wildman–Crippen MR) is 122 cm³/mol. The molecule has 4 rings (SSSR count). The van der Waals surface area contributed by atoms with Gasteiger partial charge in [-0.3, -0.25) is 19.2 Å². The highest BCUT2D eigenvalue weighted by Crippen LogP contribution is 2.39. The molecule has 170 valence electrons. The highest BCUT2D eigenvalue weighted by atomic mass is 35.5. The van der Waals surface area contributed by atoms with Crippen molar-refractivity contribution in [3.8, 4) is 5.75 Å². The first-order chi connectivity index (χ1) is 15.8. The molecule has 7 nitrogen and oxygen atoms in total. The van der Waals surface area contributed by atoms with E-state index in [0.29, 0.717) is 17.7 Å². The van der Waals surface area contributed by atoms with Gasteiger partial charge in [-0.1, -0.05) is 42.8 Å². The zero-order chi connectivity index (χ0) is 23.7. The zero-order valence-corrected chi connectivity index (χ0v) is 19.0. The van der Waals surface area contributed by atoms with Crippen molar-refractivity contribution in [3.63, 3.8) is 0 Å². The Bertz CT molecular complexity index is 1140. The number of hydrogen-bond donors (Lipinski definition) is 0. The van der Waals surface area contributed by atoms with Crippen molar-refractivity contribution in [3.05, 3.63) is 76.8 Å². The lowest BCUT2D eigenvalue weighted by Gasteiger charge is -2.30. The second-order valence-corrected chi connectivity index (χ2v) is 8.55. The summed E-state index contributed by atoms with van der Waals surface area (Å²) in [4.78, 5) is 53.2. The van der Waals surface area contributed by atoms with E-state index in [2.05, 4.69) is 0 Å². The first kappa shape index (κ1) is 22.7. The lowest BCUT2D eigenvalue weighted by molar-refractivity contribution is -0.154. The molecule has 0 unspecified atom stereocenters. The smallest absolute Gasteiger partial charge is 0.274 e. The third-order valence-electron chi connectivity index (χ3n) is 6.13. The molecule has 1 saturated heterocycles. The number of carbonyl (C=O) groups is 4. The van der Waals surface area contributed by atoms with E-state index < -0.39 is 41.9 Å². The van der Waals surface area contributed by atoms with E-state index in [4.69, 9.17) is 16.3 Å². The van der Waals surface area contributed by atoms with Crippen LogP contribution in [-0.2, 0) is 9.59 Å². The highest BCUT2D eigenvalue weighted by Gasteiger charge is 2.53. The van der Waals surface area contributed by atoms with Crippen molar-refractivity contribution in [2.45, 2.75) is 13.3 Å². The topological polar surface area (TPSA) is 84.0 Å². The van der Waals surface area contributed by atoms with Gasteiger partial charge in [-0.05, 0) is 48.7 Å². The second-order valence-electron chi connectivity index (χ2n) is 8.14. The number of hydrazine groups is 1. The summed E-state index contributed by atoms with van der Waals surface area (Å²) < 4.78 is 5.12. The number of fused-ring (bicyclic) bond motifs is 1. The van der Waals surface area contributed by atoms with Crippen LogP contribution in [0.4, 0.5) is 0 Å². The molecule has 3 amide bonds. The largest absolute Gasteiger partial charge is 0.497 e. The number of imide groups is 1.